The van der Waals surface area contributed by atoms with Crippen molar-refractivity contribution < 1.29 is 9.90 Å². The third kappa shape index (κ3) is 4.84. The van der Waals surface area contributed by atoms with E-state index in [1.807, 2.05) is 13.8 Å². The number of rotatable bonds is 6. The van der Waals surface area contributed by atoms with Crippen LogP contribution in [-0.4, -0.2) is 33.4 Å². The number of aromatic nitrogens is 2. The van der Waals surface area contributed by atoms with E-state index in [1.54, 1.807) is 18.7 Å². The van der Waals surface area contributed by atoms with Crippen LogP contribution >= 0.6 is 11.6 Å². The van der Waals surface area contributed by atoms with Crippen LogP contribution in [-0.2, 0) is 18.3 Å². The van der Waals surface area contributed by atoms with Gasteiger partial charge in [-0.2, -0.15) is 5.10 Å². The molecule has 0 saturated carbocycles. The van der Waals surface area contributed by atoms with Crippen molar-refractivity contribution in [1.82, 2.24) is 15.1 Å². The van der Waals surface area contributed by atoms with E-state index in [9.17, 15) is 9.90 Å². The molecule has 5 nitrogen and oxygen atoms in total. The van der Waals surface area contributed by atoms with Gasteiger partial charge in [-0.1, -0.05) is 18.5 Å². The molecule has 1 aromatic heterocycles. The Labute approximate surface area is 118 Å². The van der Waals surface area contributed by atoms with E-state index in [2.05, 4.69) is 10.4 Å². The van der Waals surface area contributed by atoms with Crippen LogP contribution in [0.15, 0.2) is 0 Å². The van der Waals surface area contributed by atoms with Gasteiger partial charge in [-0.25, -0.2) is 0 Å². The Kier molecular flexibility index (Phi) is 5.82. The van der Waals surface area contributed by atoms with Crippen molar-refractivity contribution in [2.24, 2.45) is 13.0 Å². The average Bonchev–Trinajstić information content (AvgIpc) is 2.52. The van der Waals surface area contributed by atoms with Crippen LogP contribution in [0.1, 0.15) is 31.5 Å². The maximum absolute atomic E-state index is 11.8. The fourth-order valence-electron chi connectivity index (χ4n) is 2.05. The van der Waals surface area contributed by atoms with Gasteiger partial charge in [0.2, 0.25) is 5.91 Å². The summed E-state index contributed by atoms with van der Waals surface area (Å²) >= 11 is 6.08. The zero-order valence-electron chi connectivity index (χ0n) is 11.9. The number of hydrogen-bond acceptors (Lipinski definition) is 3. The van der Waals surface area contributed by atoms with E-state index in [0.29, 0.717) is 18.1 Å². The number of nitrogens with zero attached hydrogens (tertiary/aromatic N) is 2. The fraction of sp³-hybridized carbons (Fsp3) is 0.692. The first kappa shape index (κ1) is 16.0. The summed E-state index contributed by atoms with van der Waals surface area (Å²) in [4.78, 5) is 11.8. The first-order valence-electron chi connectivity index (χ1n) is 6.44. The first-order chi connectivity index (χ1) is 8.81. The summed E-state index contributed by atoms with van der Waals surface area (Å²) in [5.74, 6) is 0.171. The number of carbonyl (C=O) groups excluding carboxylic acids is 1. The predicted octanol–water partition coefficient (Wildman–Crippen LogP) is 1.45. The summed E-state index contributed by atoms with van der Waals surface area (Å²) < 4.78 is 1.57. The van der Waals surface area contributed by atoms with Gasteiger partial charge >= 0.3 is 0 Å². The molecule has 0 aliphatic carbocycles. The molecule has 0 aliphatic rings. The Morgan fingerprint density at radius 2 is 2.16 bits per heavy atom. The number of aliphatic hydroxyl groups is 1. The van der Waals surface area contributed by atoms with Crippen LogP contribution in [0, 0.1) is 12.8 Å². The van der Waals surface area contributed by atoms with Crippen molar-refractivity contribution in [3.05, 3.63) is 16.4 Å². The van der Waals surface area contributed by atoms with Crippen LogP contribution in [0.4, 0.5) is 0 Å². The highest BCUT2D eigenvalue weighted by molar-refractivity contribution is 6.30. The molecule has 0 radical (unpaired) electrons. The molecule has 2 atom stereocenters. The lowest BCUT2D eigenvalue weighted by Gasteiger charge is -2.14. The summed E-state index contributed by atoms with van der Waals surface area (Å²) in [5.41, 5.74) is 1.55. The molecule has 6 heteroatoms. The van der Waals surface area contributed by atoms with E-state index in [-0.39, 0.29) is 24.3 Å². The Morgan fingerprint density at radius 3 is 2.63 bits per heavy atom. The Bertz CT molecular complexity index is 443. The molecule has 19 heavy (non-hydrogen) atoms. The average molecular weight is 288 g/mol. The number of halogens is 1. The highest BCUT2D eigenvalue weighted by atomic mass is 35.5. The maximum atomic E-state index is 11.8. The van der Waals surface area contributed by atoms with Crippen molar-refractivity contribution >= 4 is 17.5 Å². The van der Waals surface area contributed by atoms with Gasteiger partial charge in [0.25, 0.3) is 0 Å². The molecule has 108 valence electrons. The first-order valence-corrected chi connectivity index (χ1v) is 6.81. The van der Waals surface area contributed by atoms with Gasteiger partial charge in [-0.15, -0.1) is 0 Å². The third-order valence-electron chi connectivity index (χ3n) is 3.00. The molecule has 0 aromatic carbocycles. The van der Waals surface area contributed by atoms with Gasteiger partial charge in [0.1, 0.15) is 5.15 Å². The van der Waals surface area contributed by atoms with Crippen LogP contribution < -0.4 is 5.32 Å². The zero-order chi connectivity index (χ0) is 14.6. The second kappa shape index (κ2) is 6.91. The lowest BCUT2D eigenvalue weighted by atomic mass is 10.0. The monoisotopic (exact) mass is 287 g/mol. The van der Waals surface area contributed by atoms with Crippen LogP contribution in [0.3, 0.4) is 0 Å². The lowest BCUT2D eigenvalue weighted by Crippen LogP contribution is -2.30. The standard InChI is InChI=1S/C13H22ClN3O2/c1-8(5-9(2)18)7-15-12(19)6-11-10(3)16-17(4)13(11)14/h8-9,18H,5-7H2,1-4H3,(H,15,19). The quantitative estimate of drug-likeness (QED) is 0.832. The van der Waals surface area contributed by atoms with Crippen molar-refractivity contribution in [2.75, 3.05) is 6.54 Å². The largest absolute Gasteiger partial charge is 0.393 e. The number of aliphatic hydroxyl groups excluding tert-OH is 1. The third-order valence-corrected chi connectivity index (χ3v) is 3.47. The molecule has 0 spiro atoms. The molecular weight excluding hydrogens is 266 g/mol. The van der Waals surface area contributed by atoms with Crippen molar-refractivity contribution in [1.29, 1.82) is 0 Å². The van der Waals surface area contributed by atoms with Gasteiger partial charge in [0, 0.05) is 19.2 Å². The Balaban J connectivity index is 2.47. The molecule has 2 unspecified atom stereocenters. The minimum atomic E-state index is -0.345. The molecule has 0 fully saturated rings. The number of carbonyl (C=O) groups is 1. The highest BCUT2D eigenvalue weighted by Crippen LogP contribution is 2.19. The smallest absolute Gasteiger partial charge is 0.224 e. The molecule has 0 bridgehead atoms. The van der Waals surface area contributed by atoms with E-state index in [4.69, 9.17) is 11.6 Å². The molecule has 0 saturated heterocycles. The number of amides is 1. The normalized spacial score (nSPS) is 14.2. The Hall–Kier alpha value is -1.07. The van der Waals surface area contributed by atoms with Gasteiger partial charge < -0.3 is 10.4 Å². The van der Waals surface area contributed by atoms with Crippen molar-refractivity contribution in [3.63, 3.8) is 0 Å². The van der Waals surface area contributed by atoms with E-state index in [1.165, 1.54) is 0 Å². The van der Waals surface area contributed by atoms with Gasteiger partial charge in [-0.3, -0.25) is 9.48 Å². The van der Waals surface area contributed by atoms with Crippen LogP contribution in [0.2, 0.25) is 5.15 Å². The summed E-state index contributed by atoms with van der Waals surface area (Å²) in [6, 6.07) is 0. The van der Waals surface area contributed by atoms with E-state index in [0.717, 1.165) is 11.3 Å². The van der Waals surface area contributed by atoms with Crippen LogP contribution in [0.25, 0.3) is 0 Å². The van der Waals surface area contributed by atoms with Crippen molar-refractivity contribution in [3.8, 4) is 0 Å². The van der Waals surface area contributed by atoms with Crippen LogP contribution in [0.5, 0.6) is 0 Å². The predicted molar refractivity (Wildman–Crippen MR) is 75.1 cm³/mol. The molecule has 1 rings (SSSR count). The van der Waals surface area contributed by atoms with Gasteiger partial charge in [-0.05, 0) is 26.2 Å². The number of nitrogens with one attached hydrogen (secondary N) is 1. The SMILES string of the molecule is Cc1nn(C)c(Cl)c1CC(=O)NCC(C)CC(C)O. The van der Waals surface area contributed by atoms with Gasteiger partial charge in [0.15, 0.2) is 0 Å². The summed E-state index contributed by atoms with van der Waals surface area (Å²) in [5, 5.41) is 16.8. The second-order valence-electron chi connectivity index (χ2n) is 5.15. The zero-order valence-corrected chi connectivity index (χ0v) is 12.7. The van der Waals surface area contributed by atoms with E-state index < -0.39 is 0 Å². The molecule has 1 amide bonds. The second-order valence-corrected chi connectivity index (χ2v) is 5.51. The molecule has 0 aliphatic heterocycles. The minimum Gasteiger partial charge on any atom is -0.393 e. The number of hydrogen-bond donors (Lipinski definition) is 2. The maximum Gasteiger partial charge on any atom is 0.224 e. The Morgan fingerprint density at radius 1 is 1.53 bits per heavy atom. The minimum absolute atomic E-state index is 0.0737. The summed E-state index contributed by atoms with van der Waals surface area (Å²) in [6.45, 7) is 6.14. The van der Waals surface area contributed by atoms with E-state index >= 15 is 0 Å². The molecule has 2 N–H and O–H groups in total. The summed E-state index contributed by atoms with van der Waals surface area (Å²) in [6.07, 6.45) is 0.564. The molecule has 1 heterocycles. The topological polar surface area (TPSA) is 67.2 Å². The molecular formula is C13H22ClN3O2. The highest BCUT2D eigenvalue weighted by Gasteiger charge is 2.15. The summed E-state index contributed by atoms with van der Waals surface area (Å²) in [7, 11) is 1.75. The lowest BCUT2D eigenvalue weighted by molar-refractivity contribution is -0.120. The molecule has 1 aromatic rings. The van der Waals surface area contributed by atoms with Gasteiger partial charge in [0.05, 0.1) is 18.2 Å². The van der Waals surface area contributed by atoms with Crippen molar-refractivity contribution in [2.45, 2.75) is 39.7 Å². The number of aryl methyl sites for hydroxylation is 2. The fourth-order valence-corrected chi connectivity index (χ4v) is 2.29.